The normalized spacial score (nSPS) is 10.1. The Morgan fingerprint density at radius 2 is 2.39 bits per heavy atom. The van der Waals surface area contributed by atoms with Gasteiger partial charge in [0.05, 0.1) is 6.61 Å². The molecule has 7 heteroatoms. The van der Waals surface area contributed by atoms with Gasteiger partial charge < -0.3 is 10.1 Å². The number of nitrogens with zero attached hydrogens (tertiary/aromatic N) is 2. The lowest BCUT2D eigenvalue weighted by Gasteiger charge is -2.00. The first-order chi connectivity index (χ1) is 8.72. The number of nitrogens with one attached hydrogen (secondary N) is 1. The Balaban J connectivity index is 2.09. The molecule has 0 amide bonds. The number of hydrogen-bond acceptors (Lipinski definition) is 7. The summed E-state index contributed by atoms with van der Waals surface area (Å²) >= 11 is 3.21. The lowest BCUT2D eigenvalue weighted by atomic mass is 10.4. The lowest BCUT2D eigenvalue weighted by molar-refractivity contribution is -0.141. The molecule has 0 aromatic carbocycles. The van der Waals surface area contributed by atoms with E-state index in [1.54, 1.807) is 17.8 Å². The number of aromatic nitrogens is 2. The maximum atomic E-state index is 10.5. The molecule has 0 saturated heterocycles. The van der Waals surface area contributed by atoms with Crippen molar-refractivity contribution in [1.29, 1.82) is 0 Å². The summed E-state index contributed by atoms with van der Waals surface area (Å²) in [7, 11) is 0. The van der Waals surface area contributed by atoms with Crippen LogP contribution in [0, 0.1) is 0 Å². The third kappa shape index (κ3) is 6.61. The molecule has 0 saturated carbocycles. The quantitative estimate of drug-likeness (QED) is 0.326. The van der Waals surface area contributed by atoms with E-state index in [-0.39, 0.29) is 5.97 Å². The third-order valence-electron chi connectivity index (χ3n) is 1.87. The molecule has 0 fully saturated rings. The molecule has 0 aliphatic rings. The van der Waals surface area contributed by atoms with Crippen molar-refractivity contribution in [3.63, 3.8) is 0 Å². The van der Waals surface area contributed by atoms with E-state index in [2.05, 4.69) is 22.1 Å². The molecule has 5 nitrogen and oxygen atoms in total. The van der Waals surface area contributed by atoms with E-state index < -0.39 is 0 Å². The zero-order valence-electron chi connectivity index (χ0n) is 10.3. The van der Waals surface area contributed by atoms with E-state index in [4.69, 9.17) is 4.74 Å². The Labute approximate surface area is 115 Å². The second-order valence-electron chi connectivity index (χ2n) is 3.44. The fraction of sp³-hybridized carbons (Fsp3) is 0.545. The molecular weight excluding hydrogens is 270 g/mol. The number of ether oxygens (including phenoxy) is 1. The average Bonchev–Trinajstić information content (AvgIpc) is 2.78. The van der Waals surface area contributed by atoms with Gasteiger partial charge in [0.1, 0.15) is 0 Å². The lowest BCUT2D eigenvalue weighted by Crippen LogP contribution is -2.00. The van der Waals surface area contributed by atoms with Gasteiger partial charge in [0, 0.05) is 19.2 Å². The third-order valence-corrected chi connectivity index (χ3v) is 3.97. The smallest absolute Gasteiger partial charge is 0.302 e. The molecule has 1 N–H and O–H groups in total. The number of anilines is 1. The van der Waals surface area contributed by atoms with Crippen LogP contribution in [0.2, 0.25) is 0 Å². The topological polar surface area (TPSA) is 64.1 Å². The fourth-order valence-electron chi connectivity index (χ4n) is 1.08. The summed E-state index contributed by atoms with van der Waals surface area (Å²) in [5, 5.41) is 12.0. The highest BCUT2D eigenvalue weighted by atomic mass is 32.2. The van der Waals surface area contributed by atoms with Crippen molar-refractivity contribution in [2.45, 2.75) is 24.1 Å². The molecule has 0 radical (unpaired) electrons. The molecule has 1 aromatic heterocycles. The Hall–Kier alpha value is -1.08. The van der Waals surface area contributed by atoms with Gasteiger partial charge in [-0.1, -0.05) is 29.2 Å². The first-order valence-electron chi connectivity index (χ1n) is 5.67. The zero-order valence-corrected chi connectivity index (χ0v) is 12.0. The minimum absolute atomic E-state index is 0.218. The Morgan fingerprint density at radius 1 is 1.56 bits per heavy atom. The minimum Gasteiger partial charge on any atom is -0.466 e. The van der Waals surface area contributed by atoms with Crippen molar-refractivity contribution in [1.82, 2.24) is 10.2 Å². The molecule has 0 atom stereocenters. The van der Waals surface area contributed by atoms with Crippen molar-refractivity contribution in [3.05, 3.63) is 12.7 Å². The minimum atomic E-state index is -0.218. The van der Waals surface area contributed by atoms with Crippen LogP contribution in [0.15, 0.2) is 17.0 Å². The second kappa shape index (κ2) is 8.93. The first-order valence-corrected chi connectivity index (χ1v) is 7.47. The Bertz CT molecular complexity index is 382. The highest BCUT2D eigenvalue weighted by Crippen LogP contribution is 2.25. The molecule has 0 aliphatic carbocycles. The predicted octanol–water partition coefficient (Wildman–Crippen LogP) is 2.57. The summed E-state index contributed by atoms with van der Waals surface area (Å²) in [6, 6.07) is 0. The Morgan fingerprint density at radius 3 is 3.11 bits per heavy atom. The molecule has 100 valence electrons. The maximum absolute atomic E-state index is 10.5. The van der Waals surface area contributed by atoms with Crippen molar-refractivity contribution in [2.24, 2.45) is 0 Å². The van der Waals surface area contributed by atoms with Gasteiger partial charge in [-0.2, -0.15) is 0 Å². The van der Waals surface area contributed by atoms with Crippen LogP contribution in [0.25, 0.3) is 0 Å². The molecule has 0 bridgehead atoms. The van der Waals surface area contributed by atoms with Crippen LogP contribution in [0.3, 0.4) is 0 Å². The number of carbonyl (C=O) groups is 1. The average molecular weight is 287 g/mol. The summed E-state index contributed by atoms with van der Waals surface area (Å²) < 4.78 is 5.80. The van der Waals surface area contributed by atoms with Gasteiger partial charge in [0.15, 0.2) is 4.34 Å². The summed E-state index contributed by atoms with van der Waals surface area (Å²) in [6.45, 7) is 6.24. The first kappa shape index (κ1) is 15.0. The van der Waals surface area contributed by atoms with Gasteiger partial charge in [-0.25, -0.2) is 0 Å². The van der Waals surface area contributed by atoms with E-state index in [0.717, 1.165) is 28.1 Å². The number of unbranched alkanes of at least 4 members (excludes halogenated alkanes) is 1. The van der Waals surface area contributed by atoms with Crippen molar-refractivity contribution in [2.75, 3.05) is 24.2 Å². The van der Waals surface area contributed by atoms with Gasteiger partial charge in [-0.15, -0.1) is 16.8 Å². The number of thioether (sulfide) groups is 1. The van der Waals surface area contributed by atoms with Crippen molar-refractivity contribution < 1.29 is 9.53 Å². The molecule has 0 spiro atoms. The van der Waals surface area contributed by atoms with Crippen LogP contribution in [0.1, 0.15) is 19.8 Å². The van der Waals surface area contributed by atoms with Crippen molar-refractivity contribution in [3.8, 4) is 0 Å². The van der Waals surface area contributed by atoms with E-state index in [1.807, 2.05) is 0 Å². The van der Waals surface area contributed by atoms with Crippen LogP contribution in [0.4, 0.5) is 5.13 Å². The molecule has 18 heavy (non-hydrogen) atoms. The highest BCUT2D eigenvalue weighted by molar-refractivity contribution is 8.01. The van der Waals surface area contributed by atoms with E-state index in [0.29, 0.717) is 13.2 Å². The SMILES string of the molecule is C=CCNc1nnc(SCCCCOC(C)=O)s1. The monoisotopic (exact) mass is 287 g/mol. The van der Waals surface area contributed by atoms with E-state index in [1.165, 1.54) is 18.3 Å². The summed E-state index contributed by atoms with van der Waals surface area (Å²) in [6.07, 6.45) is 3.66. The van der Waals surface area contributed by atoms with Crippen LogP contribution in [-0.2, 0) is 9.53 Å². The fourth-order valence-corrected chi connectivity index (χ4v) is 2.91. The van der Waals surface area contributed by atoms with Crippen LogP contribution in [0.5, 0.6) is 0 Å². The van der Waals surface area contributed by atoms with Crippen LogP contribution < -0.4 is 5.32 Å². The molecule has 1 rings (SSSR count). The molecule has 0 unspecified atom stereocenters. The van der Waals surface area contributed by atoms with Crippen LogP contribution >= 0.6 is 23.1 Å². The standard InChI is InChI=1S/C11H17N3O2S2/c1-3-6-12-10-13-14-11(18-10)17-8-5-4-7-16-9(2)15/h3H,1,4-8H2,2H3,(H,12,13). The number of rotatable bonds is 9. The highest BCUT2D eigenvalue weighted by Gasteiger charge is 2.03. The van der Waals surface area contributed by atoms with Gasteiger partial charge in [-0.3, -0.25) is 4.79 Å². The van der Waals surface area contributed by atoms with Crippen LogP contribution in [-0.4, -0.2) is 35.1 Å². The summed E-state index contributed by atoms with van der Waals surface area (Å²) in [5.74, 6) is 0.738. The molecule has 1 aromatic rings. The Kier molecular flexibility index (Phi) is 7.43. The predicted molar refractivity (Wildman–Crippen MR) is 75.2 cm³/mol. The number of esters is 1. The van der Waals surface area contributed by atoms with Gasteiger partial charge in [0.2, 0.25) is 5.13 Å². The van der Waals surface area contributed by atoms with E-state index >= 15 is 0 Å². The van der Waals surface area contributed by atoms with Crippen molar-refractivity contribution >= 4 is 34.2 Å². The maximum Gasteiger partial charge on any atom is 0.302 e. The number of carbonyl (C=O) groups excluding carboxylic acids is 1. The van der Waals surface area contributed by atoms with Gasteiger partial charge in [-0.05, 0) is 12.8 Å². The van der Waals surface area contributed by atoms with Gasteiger partial charge in [0.25, 0.3) is 0 Å². The van der Waals surface area contributed by atoms with Gasteiger partial charge >= 0.3 is 5.97 Å². The molecule has 1 heterocycles. The number of hydrogen-bond donors (Lipinski definition) is 1. The second-order valence-corrected chi connectivity index (χ2v) is 5.76. The summed E-state index contributed by atoms with van der Waals surface area (Å²) in [4.78, 5) is 10.5. The largest absolute Gasteiger partial charge is 0.466 e. The van der Waals surface area contributed by atoms with E-state index in [9.17, 15) is 4.79 Å². The molecular formula is C11H17N3O2S2. The zero-order chi connectivity index (χ0) is 13.2. The molecule has 0 aliphatic heterocycles. The summed E-state index contributed by atoms with van der Waals surface area (Å²) in [5.41, 5.74) is 0.